The highest BCUT2D eigenvalue weighted by molar-refractivity contribution is 5.31. The van der Waals surface area contributed by atoms with E-state index in [0.717, 1.165) is 23.9 Å². The SMILES string of the molecule is CC1CC(C)CC(NCc2ccc(C#N)cc2)C1. The van der Waals surface area contributed by atoms with Gasteiger partial charge in [-0.1, -0.05) is 26.0 Å². The summed E-state index contributed by atoms with van der Waals surface area (Å²) in [6.45, 7) is 5.62. The van der Waals surface area contributed by atoms with Crippen molar-refractivity contribution >= 4 is 0 Å². The Bertz CT molecular complexity index is 406. The van der Waals surface area contributed by atoms with Crippen molar-refractivity contribution in [1.82, 2.24) is 5.32 Å². The van der Waals surface area contributed by atoms with Crippen LogP contribution in [0.3, 0.4) is 0 Å². The molecule has 1 saturated carbocycles. The first kappa shape index (κ1) is 13.1. The van der Waals surface area contributed by atoms with Crippen molar-refractivity contribution in [1.29, 1.82) is 5.26 Å². The van der Waals surface area contributed by atoms with Gasteiger partial charge in [0.05, 0.1) is 11.6 Å². The molecule has 0 amide bonds. The Morgan fingerprint density at radius 3 is 2.28 bits per heavy atom. The van der Waals surface area contributed by atoms with E-state index in [1.165, 1.54) is 24.8 Å². The van der Waals surface area contributed by atoms with Crippen molar-refractivity contribution in [3.8, 4) is 6.07 Å². The lowest BCUT2D eigenvalue weighted by Gasteiger charge is -2.32. The quantitative estimate of drug-likeness (QED) is 0.881. The zero-order valence-corrected chi connectivity index (χ0v) is 11.3. The second-order valence-electron chi connectivity index (χ2n) is 5.80. The molecule has 0 aliphatic heterocycles. The molecule has 1 aliphatic rings. The van der Waals surface area contributed by atoms with Crippen LogP contribution in [0.2, 0.25) is 0 Å². The largest absolute Gasteiger partial charge is 0.310 e. The lowest BCUT2D eigenvalue weighted by Crippen LogP contribution is -2.35. The van der Waals surface area contributed by atoms with Crippen molar-refractivity contribution < 1.29 is 0 Å². The summed E-state index contributed by atoms with van der Waals surface area (Å²) in [5, 5.41) is 12.4. The van der Waals surface area contributed by atoms with Gasteiger partial charge in [-0.2, -0.15) is 5.26 Å². The van der Waals surface area contributed by atoms with E-state index < -0.39 is 0 Å². The van der Waals surface area contributed by atoms with Gasteiger partial charge >= 0.3 is 0 Å². The Kier molecular flexibility index (Phi) is 4.38. The van der Waals surface area contributed by atoms with Crippen LogP contribution in [0.5, 0.6) is 0 Å². The van der Waals surface area contributed by atoms with Gasteiger partial charge in [0.15, 0.2) is 0 Å². The highest BCUT2D eigenvalue weighted by atomic mass is 14.9. The summed E-state index contributed by atoms with van der Waals surface area (Å²) in [5.74, 6) is 1.68. The minimum absolute atomic E-state index is 0.652. The molecular weight excluding hydrogens is 220 g/mol. The van der Waals surface area contributed by atoms with Gasteiger partial charge < -0.3 is 5.32 Å². The Labute approximate surface area is 110 Å². The second-order valence-corrected chi connectivity index (χ2v) is 5.80. The van der Waals surface area contributed by atoms with Gasteiger partial charge in [-0.05, 0) is 48.8 Å². The van der Waals surface area contributed by atoms with E-state index in [9.17, 15) is 0 Å². The van der Waals surface area contributed by atoms with Gasteiger partial charge in [0.25, 0.3) is 0 Å². The van der Waals surface area contributed by atoms with Gasteiger partial charge in [0, 0.05) is 12.6 Å². The number of nitrogens with zero attached hydrogens (tertiary/aromatic N) is 1. The fourth-order valence-electron chi connectivity index (χ4n) is 3.07. The third-order valence-corrected chi connectivity index (χ3v) is 3.86. The molecule has 0 bridgehead atoms. The summed E-state index contributed by atoms with van der Waals surface area (Å²) < 4.78 is 0. The lowest BCUT2D eigenvalue weighted by atomic mass is 9.80. The first-order valence-electron chi connectivity index (χ1n) is 6.89. The Morgan fingerprint density at radius 2 is 1.72 bits per heavy atom. The molecule has 0 radical (unpaired) electrons. The topological polar surface area (TPSA) is 35.8 Å². The number of benzene rings is 1. The summed E-state index contributed by atoms with van der Waals surface area (Å²) >= 11 is 0. The Morgan fingerprint density at radius 1 is 1.11 bits per heavy atom. The van der Waals surface area contributed by atoms with Crippen LogP contribution in [0.15, 0.2) is 24.3 Å². The molecule has 0 heterocycles. The predicted octanol–water partition coefficient (Wildman–Crippen LogP) is 3.47. The van der Waals surface area contributed by atoms with E-state index in [1.807, 2.05) is 24.3 Å². The number of hydrogen-bond acceptors (Lipinski definition) is 2. The van der Waals surface area contributed by atoms with Crippen LogP contribution >= 0.6 is 0 Å². The van der Waals surface area contributed by atoms with Crippen molar-refractivity contribution in [2.24, 2.45) is 11.8 Å². The van der Waals surface area contributed by atoms with Crippen LogP contribution in [0.1, 0.15) is 44.2 Å². The molecule has 2 unspecified atom stereocenters. The first-order valence-corrected chi connectivity index (χ1v) is 6.89. The van der Waals surface area contributed by atoms with E-state index in [-0.39, 0.29) is 0 Å². The molecule has 1 aromatic carbocycles. The molecule has 2 atom stereocenters. The maximum Gasteiger partial charge on any atom is 0.0991 e. The fraction of sp³-hybridized carbons (Fsp3) is 0.562. The van der Waals surface area contributed by atoms with Crippen molar-refractivity contribution in [3.63, 3.8) is 0 Å². The van der Waals surface area contributed by atoms with Crippen LogP contribution < -0.4 is 5.32 Å². The molecule has 2 rings (SSSR count). The van der Waals surface area contributed by atoms with Gasteiger partial charge in [-0.25, -0.2) is 0 Å². The van der Waals surface area contributed by atoms with E-state index in [2.05, 4.69) is 25.2 Å². The maximum atomic E-state index is 8.75. The monoisotopic (exact) mass is 242 g/mol. The third-order valence-electron chi connectivity index (χ3n) is 3.86. The Balaban J connectivity index is 1.85. The lowest BCUT2D eigenvalue weighted by molar-refractivity contribution is 0.238. The minimum atomic E-state index is 0.652. The number of hydrogen-bond donors (Lipinski definition) is 1. The number of nitriles is 1. The van der Waals surface area contributed by atoms with Crippen LogP contribution in [-0.4, -0.2) is 6.04 Å². The van der Waals surface area contributed by atoms with Crippen molar-refractivity contribution in [2.45, 2.75) is 45.7 Å². The molecule has 0 saturated heterocycles. The van der Waals surface area contributed by atoms with Gasteiger partial charge in [0.1, 0.15) is 0 Å². The van der Waals surface area contributed by atoms with E-state index in [4.69, 9.17) is 5.26 Å². The standard InChI is InChI=1S/C16H22N2/c1-12-7-13(2)9-16(8-12)18-11-15-5-3-14(10-17)4-6-15/h3-6,12-13,16,18H,7-9,11H2,1-2H3. The third kappa shape index (κ3) is 3.58. The molecular formula is C16H22N2. The molecule has 0 spiro atoms. The smallest absolute Gasteiger partial charge is 0.0991 e. The average molecular weight is 242 g/mol. The van der Waals surface area contributed by atoms with Gasteiger partial charge in [-0.3, -0.25) is 0 Å². The first-order chi connectivity index (χ1) is 8.67. The Hall–Kier alpha value is -1.33. The van der Waals surface area contributed by atoms with E-state index in [1.54, 1.807) is 0 Å². The van der Waals surface area contributed by atoms with Crippen molar-refractivity contribution in [2.75, 3.05) is 0 Å². The summed E-state index contributed by atoms with van der Waals surface area (Å²) in [4.78, 5) is 0. The molecule has 1 fully saturated rings. The van der Waals surface area contributed by atoms with E-state index >= 15 is 0 Å². The molecule has 2 nitrogen and oxygen atoms in total. The van der Waals surface area contributed by atoms with Crippen molar-refractivity contribution in [3.05, 3.63) is 35.4 Å². The molecule has 96 valence electrons. The molecule has 1 aliphatic carbocycles. The molecule has 1 N–H and O–H groups in total. The minimum Gasteiger partial charge on any atom is -0.310 e. The zero-order chi connectivity index (χ0) is 13.0. The van der Waals surface area contributed by atoms with Gasteiger partial charge in [0.2, 0.25) is 0 Å². The van der Waals surface area contributed by atoms with Crippen LogP contribution in [0, 0.1) is 23.2 Å². The highest BCUT2D eigenvalue weighted by Crippen LogP contribution is 2.28. The number of rotatable bonds is 3. The summed E-state index contributed by atoms with van der Waals surface area (Å²) in [6, 6.07) is 10.7. The van der Waals surface area contributed by atoms with Crippen LogP contribution in [0.25, 0.3) is 0 Å². The summed E-state index contributed by atoms with van der Waals surface area (Å²) in [7, 11) is 0. The predicted molar refractivity (Wildman–Crippen MR) is 74.0 cm³/mol. The van der Waals surface area contributed by atoms with Crippen LogP contribution in [-0.2, 0) is 6.54 Å². The molecule has 2 heteroatoms. The molecule has 1 aromatic rings. The maximum absolute atomic E-state index is 8.75. The average Bonchev–Trinajstić information content (AvgIpc) is 2.36. The fourth-order valence-corrected chi connectivity index (χ4v) is 3.07. The summed E-state index contributed by atoms with van der Waals surface area (Å²) in [6.07, 6.45) is 3.95. The van der Waals surface area contributed by atoms with E-state index in [0.29, 0.717) is 6.04 Å². The normalized spacial score (nSPS) is 27.7. The second kappa shape index (κ2) is 6.02. The molecule has 18 heavy (non-hydrogen) atoms. The zero-order valence-electron chi connectivity index (χ0n) is 11.3. The molecule has 0 aromatic heterocycles. The van der Waals surface area contributed by atoms with Gasteiger partial charge in [-0.15, -0.1) is 0 Å². The summed E-state index contributed by atoms with van der Waals surface area (Å²) in [5.41, 5.74) is 2.00. The highest BCUT2D eigenvalue weighted by Gasteiger charge is 2.23. The van der Waals surface area contributed by atoms with Crippen LogP contribution in [0.4, 0.5) is 0 Å². The number of nitrogens with one attached hydrogen (secondary N) is 1.